The van der Waals surface area contributed by atoms with Gasteiger partial charge in [-0.25, -0.2) is 13.2 Å². The molecule has 0 fully saturated rings. The van der Waals surface area contributed by atoms with Crippen LogP contribution in [0.25, 0.3) is 0 Å². The van der Waals surface area contributed by atoms with Crippen molar-refractivity contribution in [3.05, 3.63) is 28.6 Å². The summed E-state index contributed by atoms with van der Waals surface area (Å²) in [6, 6.07) is 2.61. The van der Waals surface area contributed by atoms with Gasteiger partial charge in [-0.15, -0.1) is 0 Å². The molecule has 0 aromatic heterocycles. The predicted octanol–water partition coefficient (Wildman–Crippen LogP) is 1.91. The highest BCUT2D eigenvalue weighted by atomic mass is 19.2. The van der Waals surface area contributed by atoms with E-state index in [1.807, 2.05) is 0 Å². The molecule has 0 atom stereocenters. The molecule has 0 unspecified atom stereocenters. The summed E-state index contributed by atoms with van der Waals surface area (Å²) >= 11 is 0. The number of hydrogen-bond acceptors (Lipinski definition) is 3. The van der Waals surface area contributed by atoms with E-state index in [4.69, 9.17) is 10.5 Å². The third-order valence-electron chi connectivity index (χ3n) is 1.97. The Hall–Kier alpha value is -2.21. The highest BCUT2D eigenvalue weighted by Crippen LogP contribution is 2.29. The smallest absolute Gasteiger partial charge is 0.186 e. The molecule has 0 N–H and O–H groups in total. The molecular formula is C10H6F3N3. The van der Waals surface area contributed by atoms with Gasteiger partial charge in [0.25, 0.3) is 0 Å². The molecule has 0 saturated heterocycles. The van der Waals surface area contributed by atoms with Crippen molar-refractivity contribution >= 4 is 5.69 Å². The molecule has 0 spiro atoms. The fourth-order valence-corrected chi connectivity index (χ4v) is 1.25. The molecule has 0 aliphatic heterocycles. The Morgan fingerprint density at radius 1 is 0.875 bits per heavy atom. The molecule has 3 nitrogen and oxygen atoms in total. The van der Waals surface area contributed by atoms with E-state index in [2.05, 4.69) is 0 Å². The number of nitrogens with zero attached hydrogens (tertiary/aromatic N) is 3. The molecule has 1 aromatic rings. The summed E-state index contributed by atoms with van der Waals surface area (Å²) in [5, 5.41) is 17.1. The van der Waals surface area contributed by atoms with E-state index >= 15 is 0 Å². The van der Waals surface area contributed by atoms with Crippen LogP contribution in [0.2, 0.25) is 0 Å². The Labute approximate surface area is 89.9 Å². The maximum Gasteiger partial charge on any atom is 0.186 e. The largest absolute Gasteiger partial charge is 0.373 e. The van der Waals surface area contributed by atoms with Crippen LogP contribution >= 0.6 is 0 Å². The maximum absolute atomic E-state index is 13.6. The van der Waals surface area contributed by atoms with Gasteiger partial charge >= 0.3 is 0 Å². The Balaban J connectivity index is 3.80. The fraction of sp³-hybridized carbons (Fsp3) is 0.200. The second-order valence-corrected chi connectivity index (χ2v) is 3.16. The third-order valence-corrected chi connectivity index (χ3v) is 1.97. The van der Waals surface area contributed by atoms with Crippen LogP contribution in [0, 0.1) is 40.1 Å². The molecule has 6 heteroatoms. The number of rotatable bonds is 1. The van der Waals surface area contributed by atoms with E-state index in [1.165, 1.54) is 26.2 Å². The predicted molar refractivity (Wildman–Crippen MR) is 50.1 cm³/mol. The summed E-state index contributed by atoms with van der Waals surface area (Å²) in [5.74, 6) is -4.22. The Kier molecular flexibility index (Phi) is 3.05. The van der Waals surface area contributed by atoms with Crippen molar-refractivity contribution in [3.8, 4) is 12.1 Å². The molecule has 0 aliphatic rings. The molecule has 0 radical (unpaired) electrons. The molecule has 0 bridgehead atoms. The van der Waals surface area contributed by atoms with Crippen LogP contribution in [-0.2, 0) is 0 Å². The fourth-order valence-electron chi connectivity index (χ4n) is 1.25. The van der Waals surface area contributed by atoms with Gasteiger partial charge in [0, 0.05) is 14.1 Å². The van der Waals surface area contributed by atoms with Crippen molar-refractivity contribution in [1.82, 2.24) is 0 Å². The first-order valence-electron chi connectivity index (χ1n) is 4.13. The molecule has 0 heterocycles. The number of nitriles is 2. The van der Waals surface area contributed by atoms with Crippen molar-refractivity contribution in [2.45, 2.75) is 0 Å². The summed E-state index contributed by atoms with van der Waals surface area (Å²) in [7, 11) is 2.60. The van der Waals surface area contributed by atoms with E-state index in [-0.39, 0.29) is 0 Å². The number of halogens is 3. The van der Waals surface area contributed by atoms with Crippen LogP contribution < -0.4 is 4.90 Å². The van der Waals surface area contributed by atoms with Crippen LogP contribution in [0.15, 0.2) is 0 Å². The first-order chi connectivity index (χ1) is 7.45. The van der Waals surface area contributed by atoms with Gasteiger partial charge in [0.15, 0.2) is 17.5 Å². The SMILES string of the molecule is CN(C)c1c(F)c(F)c(C#N)c(C#N)c1F. The van der Waals surface area contributed by atoms with Gasteiger partial charge in [0.2, 0.25) is 0 Å². The minimum absolute atomic E-state index is 0.673. The normalized spacial score (nSPS) is 9.44. The lowest BCUT2D eigenvalue weighted by Crippen LogP contribution is -2.16. The zero-order chi connectivity index (χ0) is 12.5. The lowest BCUT2D eigenvalue weighted by molar-refractivity contribution is 0.492. The van der Waals surface area contributed by atoms with Crippen LogP contribution in [0.3, 0.4) is 0 Å². The summed E-state index contributed by atoms with van der Waals surface area (Å²) < 4.78 is 40.3. The highest BCUT2D eigenvalue weighted by molar-refractivity contribution is 5.60. The minimum Gasteiger partial charge on any atom is -0.373 e. The quantitative estimate of drug-likeness (QED) is 0.686. The van der Waals surface area contributed by atoms with Crippen molar-refractivity contribution < 1.29 is 13.2 Å². The highest BCUT2D eigenvalue weighted by Gasteiger charge is 2.25. The summed E-state index contributed by atoms with van der Waals surface area (Å²) in [6.07, 6.45) is 0. The standard InChI is InChI=1S/C10H6F3N3/c1-16(2)10-8(12)6(4-15)5(3-14)7(11)9(10)13/h1-2H3. The molecule has 0 saturated carbocycles. The van der Waals surface area contributed by atoms with E-state index in [9.17, 15) is 13.2 Å². The zero-order valence-electron chi connectivity index (χ0n) is 8.48. The molecule has 82 valence electrons. The van der Waals surface area contributed by atoms with Crippen molar-refractivity contribution in [2.24, 2.45) is 0 Å². The van der Waals surface area contributed by atoms with Gasteiger partial charge in [-0.3, -0.25) is 0 Å². The van der Waals surface area contributed by atoms with Gasteiger partial charge in [-0.1, -0.05) is 0 Å². The lowest BCUT2D eigenvalue weighted by atomic mass is 10.1. The van der Waals surface area contributed by atoms with E-state index in [0.717, 1.165) is 4.90 Å². The first-order valence-corrected chi connectivity index (χ1v) is 4.13. The monoisotopic (exact) mass is 225 g/mol. The topological polar surface area (TPSA) is 50.8 Å². The summed E-state index contributed by atoms with van der Waals surface area (Å²) in [4.78, 5) is 0.996. The average molecular weight is 225 g/mol. The molecular weight excluding hydrogens is 219 g/mol. The van der Waals surface area contributed by atoms with E-state index in [0.29, 0.717) is 0 Å². The number of hydrogen-bond donors (Lipinski definition) is 0. The van der Waals surface area contributed by atoms with Gasteiger partial charge in [-0.2, -0.15) is 10.5 Å². The summed E-state index contributed by atoms with van der Waals surface area (Å²) in [5.41, 5.74) is -2.37. The number of benzene rings is 1. The molecule has 0 amide bonds. The van der Waals surface area contributed by atoms with Crippen LogP contribution in [0.1, 0.15) is 11.1 Å². The Bertz CT molecular complexity index is 524. The molecule has 0 aliphatic carbocycles. The van der Waals surface area contributed by atoms with Crippen molar-refractivity contribution in [1.29, 1.82) is 10.5 Å². The number of anilines is 1. The minimum atomic E-state index is -1.51. The van der Waals surface area contributed by atoms with Crippen LogP contribution in [0.4, 0.5) is 18.9 Å². The molecule has 16 heavy (non-hydrogen) atoms. The van der Waals surface area contributed by atoms with E-state index < -0.39 is 34.3 Å². The second-order valence-electron chi connectivity index (χ2n) is 3.16. The average Bonchev–Trinajstić information content (AvgIpc) is 2.22. The third kappa shape index (κ3) is 1.55. The zero-order valence-corrected chi connectivity index (χ0v) is 8.48. The van der Waals surface area contributed by atoms with Gasteiger partial charge in [0.1, 0.15) is 29.0 Å². The van der Waals surface area contributed by atoms with Crippen LogP contribution in [0.5, 0.6) is 0 Å². The van der Waals surface area contributed by atoms with Gasteiger partial charge in [0.05, 0.1) is 0 Å². The molecule has 1 rings (SSSR count). The Morgan fingerprint density at radius 3 is 1.69 bits per heavy atom. The second kappa shape index (κ2) is 4.11. The first kappa shape index (κ1) is 11.9. The maximum atomic E-state index is 13.6. The van der Waals surface area contributed by atoms with Crippen LogP contribution in [-0.4, -0.2) is 14.1 Å². The lowest BCUT2D eigenvalue weighted by Gasteiger charge is -2.16. The van der Waals surface area contributed by atoms with E-state index in [1.54, 1.807) is 0 Å². The molecule has 1 aromatic carbocycles. The van der Waals surface area contributed by atoms with Crippen molar-refractivity contribution in [2.75, 3.05) is 19.0 Å². The summed E-state index contributed by atoms with van der Waals surface area (Å²) in [6.45, 7) is 0. The Morgan fingerprint density at radius 2 is 1.31 bits per heavy atom. The van der Waals surface area contributed by atoms with Gasteiger partial charge < -0.3 is 4.90 Å². The van der Waals surface area contributed by atoms with Crippen molar-refractivity contribution in [3.63, 3.8) is 0 Å². The van der Waals surface area contributed by atoms with Gasteiger partial charge in [-0.05, 0) is 0 Å².